The first-order valence-electron chi connectivity index (χ1n) is 7.51. The SMILES string of the molecule is Cc1noc(-c2c(Cl)cccc2Cl)c1C1=N/C(=C/c2ccco2)C(=O)O1. The Balaban J connectivity index is 1.83. The number of nitrogens with zero attached hydrogens (tertiary/aromatic N) is 2. The van der Waals surface area contributed by atoms with Crippen LogP contribution in [0.2, 0.25) is 10.0 Å². The molecule has 0 spiro atoms. The molecule has 8 heteroatoms. The Kier molecular flexibility index (Phi) is 4.14. The van der Waals surface area contributed by atoms with Crippen molar-refractivity contribution in [3.05, 3.63) is 69.4 Å². The van der Waals surface area contributed by atoms with E-state index in [-0.39, 0.29) is 17.4 Å². The Morgan fingerprint density at radius 2 is 1.85 bits per heavy atom. The summed E-state index contributed by atoms with van der Waals surface area (Å²) < 4.78 is 15.9. The summed E-state index contributed by atoms with van der Waals surface area (Å²) in [6.07, 6.45) is 2.99. The zero-order chi connectivity index (χ0) is 18.3. The van der Waals surface area contributed by atoms with E-state index < -0.39 is 5.97 Å². The molecule has 0 atom stereocenters. The zero-order valence-electron chi connectivity index (χ0n) is 13.3. The fourth-order valence-corrected chi connectivity index (χ4v) is 3.10. The van der Waals surface area contributed by atoms with Gasteiger partial charge in [0, 0.05) is 6.08 Å². The van der Waals surface area contributed by atoms with Crippen LogP contribution in [0.15, 0.2) is 56.2 Å². The number of carbonyl (C=O) groups is 1. The number of aliphatic imine (C=N–C) groups is 1. The molecule has 1 aromatic carbocycles. The average molecular weight is 389 g/mol. The lowest BCUT2D eigenvalue weighted by molar-refractivity contribution is -0.129. The maximum atomic E-state index is 12.1. The third-order valence-electron chi connectivity index (χ3n) is 3.71. The van der Waals surface area contributed by atoms with Crippen LogP contribution in [-0.4, -0.2) is 17.0 Å². The van der Waals surface area contributed by atoms with Crippen LogP contribution >= 0.6 is 23.2 Å². The highest BCUT2D eigenvalue weighted by atomic mass is 35.5. The lowest BCUT2D eigenvalue weighted by atomic mass is 10.1. The van der Waals surface area contributed by atoms with E-state index in [9.17, 15) is 4.79 Å². The van der Waals surface area contributed by atoms with Crippen molar-refractivity contribution in [1.82, 2.24) is 5.16 Å². The molecule has 0 aliphatic carbocycles. The molecular formula is C18H10Cl2N2O4. The van der Waals surface area contributed by atoms with Gasteiger partial charge >= 0.3 is 5.97 Å². The van der Waals surface area contributed by atoms with E-state index in [2.05, 4.69) is 10.1 Å². The zero-order valence-corrected chi connectivity index (χ0v) is 14.8. The number of aromatic nitrogens is 1. The van der Waals surface area contributed by atoms with Crippen LogP contribution in [0.1, 0.15) is 17.0 Å². The molecule has 26 heavy (non-hydrogen) atoms. The van der Waals surface area contributed by atoms with Crippen molar-refractivity contribution in [2.75, 3.05) is 0 Å². The third kappa shape index (κ3) is 2.83. The summed E-state index contributed by atoms with van der Waals surface area (Å²) in [5.74, 6) is 0.230. The fourth-order valence-electron chi connectivity index (χ4n) is 2.53. The summed E-state index contributed by atoms with van der Waals surface area (Å²) >= 11 is 12.5. The minimum atomic E-state index is -0.604. The molecule has 0 unspecified atom stereocenters. The van der Waals surface area contributed by atoms with Crippen LogP contribution < -0.4 is 0 Å². The molecule has 130 valence electrons. The van der Waals surface area contributed by atoms with Gasteiger partial charge in [-0.15, -0.1) is 0 Å². The minimum absolute atomic E-state index is 0.0672. The van der Waals surface area contributed by atoms with Crippen molar-refractivity contribution in [1.29, 1.82) is 0 Å². The predicted octanol–water partition coefficient (Wildman–Crippen LogP) is 4.89. The van der Waals surface area contributed by atoms with Crippen molar-refractivity contribution in [2.24, 2.45) is 4.99 Å². The van der Waals surface area contributed by atoms with Gasteiger partial charge in [0.1, 0.15) is 11.3 Å². The van der Waals surface area contributed by atoms with E-state index in [0.717, 1.165) is 0 Å². The molecule has 0 radical (unpaired) electrons. The number of carbonyl (C=O) groups excluding carboxylic acids is 1. The highest BCUT2D eigenvalue weighted by Gasteiger charge is 2.31. The summed E-state index contributed by atoms with van der Waals surface area (Å²) in [6.45, 7) is 1.71. The smallest absolute Gasteiger partial charge is 0.363 e. The molecule has 0 N–H and O–H groups in total. The van der Waals surface area contributed by atoms with E-state index >= 15 is 0 Å². The number of ether oxygens (including phenoxy) is 1. The van der Waals surface area contributed by atoms with Gasteiger partial charge in [0.25, 0.3) is 0 Å². The van der Waals surface area contributed by atoms with Gasteiger partial charge in [0.2, 0.25) is 5.90 Å². The van der Waals surface area contributed by atoms with E-state index in [1.165, 1.54) is 12.3 Å². The fraction of sp³-hybridized carbons (Fsp3) is 0.0556. The predicted molar refractivity (Wildman–Crippen MR) is 96.0 cm³/mol. The molecule has 0 amide bonds. The van der Waals surface area contributed by atoms with Gasteiger partial charge in [-0.3, -0.25) is 0 Å². The largest absolute Gasteiger partial charge is 0.465 e. The molecule has 1 aliphatic heterocycles. The minimum Gasteiger partial charge on any atom is -0.465 e. The standard InChI is InChI=1S/C18H10Cl2N2O4/c1-9-14(16(26-22-9)15-11(19)5-2-6-12(15)20)17-21-13(18(23)25-17)8-10-4-3-7-24-10/h2-8H,1H3/b13-8+. The number of halogens is 2. The Morgan fingerprint density at radius 3 is 2.54 bits per heavy atom. The summed E-state index contributed by atoms with van der Waals surface area (Å²) in [5.41, 5.74) is 1.46. The second kappa shape index (κ2) is 6.48. The second-order valence-corrected chi connectivity index (χ2v) is 6.23. The highest BCUT2D eigenvalue weighted by molar-refractivity contribution is 6.39. The normalized spacial score (nSPS) is 15.4. The lowest BCUT2D eigenvalue weighted by Gasteiger charge is -2.05. The molecule has 1 aliphatic rings. The molecule has 3 heterocycles. The number of hydrogen-bond acceptors (Lipinski definition) is 6. The average Bonchev–Trinajstić information content (AvgIpc) is 3.30. The van der Waals surface area contributed by atoms with Crippen molar-refractivity contribution in [3.8, 4) is 11.3 Å². The molecule has 0 bridgehead atoms. The Morgan fingerprint density at radius 1 is 1.08 bits per heavy atom. The monoisotopic (exact) mass is 388 g/mol. The van der Waals surface area contributed by atoms with Crippen LogP contribution in [0.5, 0.6) is 0 Å². The van der Waals surface area contributed by atoms with Crippen molar-refractivity contribution in [3.63, 3.8) is 0 Å². The lowest BCUT2D eigenvalue weighted by Crippen LogP contribution is -2.07. The summed E-state index contributed by atoms with van der Waals surface area (Å²) in [7, 11) is 0. The van der Waals surface area contributed by atoms with E-state index in [0.29, 0.717) is 32.6 Å². The molecule has 4 rings (SSSR count). The number of furan rings is 1. The van der Waals surface area contributed by atoms with Crippen LogP contribution in [0.25, 0.3) is 17.4 Å². The number of aryl methyl sites for hydroxylation is 1. The first kappa shape index (κ1) is 16.6. The molecule has 3 aromatic rings. The number of cyclic esters (lactones) is 1. The summed E-state index contributed by atoms with van der Waals surface area (Å²) in [4.78, 5) is 16.4. The Hall–Kier alpha value is -2.83. The van der Waals surface area contributed by atoms with Gasteiger partial charge in [-0.05, 0) is 31.2 Å². The first-order chi connectivity index (χ1) is 12.5. The van der Waals surface area contributed by atoms with Gasteiger partial charge in [-0.1, -0.05) is 34.4 Å². The van der Waals surface area contributed by atoms with E-state index in [1.807, 2.05) is 0 Å². The van der Waals surface area contributed by atoms with Gasteiger partial charge in [-0.2, -0.15) is 0 Å². The second-order valence-electron chi connectivity index (χ2n) is 5.42. The highest BCUT2D eigenvalue weighted by Crippen LogP contribution is 2.38. The third-order valence-corrected chi connectivity index (χ3v) is 4.34. The number of esters is 1. The van der Waals surface area contributed by atoms with Crippen LogP contribution in [0.3, 0.4) is 0 Å². The number of rotatable bonds is 3. The molecule has 0 fully saturated rings. The summed E-state index contributed by atoms with van der Waals surface area (Å²) in [5, 5.41) is 4.70. The summed E-state index contributed by atoms with van der Waals surface area (Å²) in [6, 6.07) is 8.48. The molecular weight excluding hydrogens is 379 g/mol. The maximum absolute atomic E-state index is 12.1. The van der Waals surface area contributed by atoms with E-state index in [1.54, 1.807) is 37.3 Å². The van der Waals surface area contributed by atoms with Gasteiger partial charge in [0.15, 0.2) is 11.5 Å². The molecule has 0 saturated carbocycles. The van der Waals surface area contributed by atoms with Crippen molar-refractivity contribution >= 4 is 41.1 Å². The maximum Gasteiger partial charge on any atom is 0.363 e. The number of benzene rings is 1. The quantitative estimate of drug-likeness (QED) is 0.471. The van der Waals surface area contributed by atoms with E-state index in [4.69, 9.17) is 36.9 Å². The molecule has 2 aromatic heterocycles. The van der Waals surface area contributed by atoms with Crippen molar-refractivity contribution < 1.29 is 18.5 Å². The molecule has 0 saturated heterocycles. The first-order valence-corrected chi connectivity index (χ1v) is 8.27. The Labute approximate surface area is 157 Å². The van der Waals surface area contributed by atoms with Crippen molar-refractivity contribution in [2.45, 2.75) is 6.92 Å². The number of hydrogen-bond donors (Lipinski definition) is 0. The molecule has 6 nitrogen and oxygen atoms in total. The van der Waals surface area contributed by atoms with Gasteiger partial charge in [0.05, 0.1) is 27.6 Å². The van der Waals surface area contributed by atoms with Gasteiger partial charge < -0.3 is 13.7 Å². The topological polar surface area (TPSA) is 77.8 Å². The van der Waals surface area contributed by atoms with Gasteiger partial charge in [-0.25, -0.2) is 9.79 Å². The van der Waals surface area contributed by atoms with Crippen LogP contribution in [0, 0.1) is 6.92 Å². The van der Waals surface area contributed by atoms with Crippen LogP contribution in [-0.2, 0) is 9.53 Å². The van der Waals surface area contributed by atoms with Crippen LogP contribution in [0.4, 0.5) is 0 Å². The Bertz CT molecular complexity index is 1040.